The van der Waals surface area contributed by atoms with Crippen LogP contribution in [0, 0.1) is 0 Å². The lowest BCUT2D eigenvalue weighted by molar-refractivity contribution is -0.122. The van der Waals surface area contributed by atoms with Gasteiger partial charge in [-0.1, -0.05) is 13.8 Å². The maximum Gasteiger partial charge on any atom is 0.290 e. The van der Waals surface area contributed by atoms with Gasteiger partial charge in [0.15, 0.2) is 0 Å². The molecule has 0 atom stereocenters. The summed E-state index contributed by atoms with van der Waals surface area (Å²) in [4.78, 5) is 20.3. The van der Waals surface area contributed by atoms with Gasteiger partial charge in [-0.2, -0.15) is 0 Å². The van der Waals surface area contributed by atoms with Crippen LogP contribution in [0.4, 0.5) is 0 Å². The van der Waals surface area contributed by atoms with Gasteiger partial charge in [0.25, 0.3) is 12.4 Å². The van der Waals surface area contributed by atoms with Crippen molar-refractivity contribution < 1.29 is 14.7 Å². The third-order valence-corrected chi connectivity index (χ3v) is 3.15. The van der Waals surface area contributed by atoms with E-state index < -0.39 is 0 Å². The van der Waals surface area contributed by atoms with Crippen molar-refractivity contribution in [2.45, 2.75) is 39.2 Å². The van der Waals surface area contributed by atoms with Crippen LogP contribution >= 0.6 is 0 Å². The van der Waals surface area contributed by atoms with Crippen molar-refractivity contribution in [3.8, 4) is 0 Å². The van der Waals surface area contributed by atoms with Crippen molar-refractivity contribution in [3.05, 3.63) is 24.0 Å². The van der Waals surface area contributed by atoms with Crippen LogP contribution in [0.2, 0.25) is 0 Å². The molecule has 0 bridgehead atoms. The number of aromatic nitrogens is 1. The van der Waals surface area contributed by atoms with E-state index in [1.165, 1.54) is 0 Å². The highest BCUT2D eigenvalue weighted by molar-refractivity contribution is 5.93. The second-order valence-electron chi connectivity index (χ2n) is 4.33. The van der Waals surface area contributed by atoms with E-state index in [0.717, 1.165) is 12.8 Å². The van der Waals surface area contributed by atoms with Gasteiger partial charge in [0.05, 0.1) is 0 Å². The molecule has 0 aliphatic rings. The van der Waals surface area contributed by atoms with E-state index in [9.17, 15) is 4.79 Å². The fourth-order valence-electron chi connectivity index (χ4n) is 1.46. The van der Waals surface area contributed by atoms with E-state index in [-0.39, 0.29) is 17.9 Å². The van der Waals surface area contributed by atoms with E-state index >= 15 is 0 Å². The molecular weight excluding hydrogens is 232 g/mol. The predicted octanol–water partition coefficient (Wildman–Crippen LogP) is 2.03. The fraction of sp³-hybridized carbons (Fsp3) is 0.538. The fourth-order valence-corrected chi connectivity index (χ4v) is 1.46. The highest BCUT2D eigenvalue weighted by atomic mass is 16.3. The first-order valence-electron chi connectivity index (χ1n) is 5.95. The van der Waals surface area contributed by atoms with Crippen LogP contribution < -0.4 is 5.32 Å². The Morgan fingerprint density at radius 1 is 1.50 bits per heavy atom. The van der Waals surface area contributed by atoms with Gasteiger partial charge in [0.1, 0.15) is 5.69 Å². The normalized spacial score (nSPS) is 10.2. The average molecular weight is 254 g/mol. The number of hydrogen-bond donors (Lipinski definition) is 2. The molecule has 18 heavy (non-hydrogen) atoms. The van der Waals surface area contributed by atoms with Crippen LogP contribution in [0.3, 0.4) is 0 Å². The molecule has 0 aliphatic heterocycles. The topological polar surface area (TPSA) is 71.3 Å². The van der Waals surface area contributed by atoms with Crippen molar-refractivity contribution >= 4 is 12.4 Å². The molecule has 1 rings (SSSR count). The average Bonchev–Trinajstić information content (AvgIpc) is 2.76. The second kappa shape index (κ2) is 7.53. The first kappa shape index (κ1) is 16.2. The monoisotopic (exact) mass is 254 g/mol. The number of carbonyl (C=O) groups is 2. The highest BCUT2D eigenvalue weighted by Crippen LogP contribution is 2.14. The first-order valence-corrected chi connectivity index (χ1v) is 5.95. The van der Waals surface area contributed by atoms with Gasteiger partial charge in [0, 0.05) is 18.8 Å². The molecule has 0 saturated carbocycles. The van der Waals surface area contributed by atoms with E-state index in [1.807, 2.05) is 29.9 Å². The molecular formula is C13H22N2O3. The number of nitrogens with one attached hydrogen (secondary N) is 1. The number of rotatable bonds is 4. The van der Waals surface area contributed by atoms with Gasteiger partial charge in [-0.15, -0.1) is 0 Å². The Bertz CT molecular complexity index is 381. The number of amides is 1. The van der Waals surface area contributed by atoms with Crippen LogP contribution in [0.25, 0.3) is 0 Å². The summed E-state index contributed by atoms with van der Waals surface area (Å²) in [5.74, 6) is 0.00806. The minimum atomic E-state index is -0.250. The molecule has 1 aromatic heterocycles. The van der Waals surface area contributed by atoms with E-state index in [2.05, 4.69) is 26.1 Å². The van der Waals surface area contributed by atoms with Gasteiger partial charge < -0.3 is 15.0 Å². The Labute approximate surface area is 108 Å². The lowest BCUT2D eigenvalue weighted by atomic mass is 9.95. The molecule has 5 heteroatoms. The minimum absolute atomic E-state index is 0.00806. The molecule has 0 unspecified atom stereocenters. The number of hydrogen-bond acceptors (Lipinski definition) is 2. The zero-order valence-corrected chi connectivity index (χ0v) is 11.4. The quantitative estimate of drug-likeness (QED) is 0.808. The Morgan fingerprint density at radius 3 is 2.33 bits per heavy atom. The van der Waals surface area contributed by atoms with Crippen LogP contribution in [0.5, 0.6) is 0 Å². The van der Waals surface area contributed by atoms with E-state index in [4.69, 9.17) is 9.90 Å². The summed E-state index contributed by atoms with van der Waals surface area (Å²) in [7, 11) is 1.88. The van der Waals surface area contributed by atoms with Gasteiger partial charge in [-0.05, 0) is 31.9 Å². The van der Waals surface area contributed by atoms with Crippen molar-refractivity contribution in [1.29, 1.82) is 0 Å². The van der Waals surface area contributed by atoms with Crippen LogP contribution in [-0.2, 0) is 11.8 Å². The SMILES string of the molecule is CCC(C)(CC)NC(=O)c1cccn1C.O=CO. The number of carbonyl (C=O) groups excluding carboxylic acids is 1. The number of nitrogens with zero attached hydrogens (tertiary/aromatic N) is 1. The lowest BCUT2D eigenvalue weighted by Gasteiger charge is -2.28. The molecule has 0 spiro atoms. The van der Waals surface area contributed by atoms with Crippen LogP contribution in [-0.4, -0.2) is 27.6 Å². The van der Waals surface area contributed by atoms with Gasteiger partial charge >= 0.3 is 0 Å². The molecule has 1 heterocycles. The summed E-state index contributed by atoms with van der Waals surface area (Å²) in [5.41, 5.74) is 0.615. The maximum atomic E-state index is 11.9. The number of carboxylic acid groups (broad SMARTS) is 1. The van der Waals surface area contributed by atoms with Crippen molar-refractivity contribution in [2.75, 3.05) is 0 Å². The molecule has 0 aliphatic carbocycles. The molecule has 1 amide bonds. The van der Waals surface area contributed by atoms with Crippen LogP contribution in [0.15, 0.2) is 18.3 Å². The molecule has 1 aromatic rings. The predicted molar refractivity (Wildman–Crippen MR) is 70.6 cm³/mol. The minimum Gasteiger partial charge on any atom is -0.483 e. The Kier molecular flexibility index (Phi) is 6.78. The van der Waals surface area contributed by atoms with Crippen molar-refractivity contribution in [3.63, 3.8) is 0 Å². The molecule has 5 nitrogen and oxygen atoms in total. The Balaban J connectivity index is 0.000000873. The van der Waals surface area contributed by atoms with E-state index in [1.54, 1.807) is 0 Å². The first-order chi connectivity index (χ1) is 8.44. The highest BCUT2D eigenvalue weighted by Gasteiger charge is 2.23. The molecule has 102 valence electrons. The summed E-state index contributed by atoms with van der Waals surface area (Å²) in [6.45, 7) is 6.01. The second-order valence-corrected chi connectivity index (χ2v) is 4.33. The maximum absolute atomic E-state index is 11.9. The van der Waals surface area contributed by atoms with Crippen molar-refractivity contribution in [1.82, 2.24) is 9.88 Å². The largest absolute Gasteiger partial charge is 0.483 e. The summed E-state index contributed by atoms with van der Waals surface area (Å²) in [5, 5.41) is 9.97. The summed E-state index contributed by atoms with van der Waals surface area (Å²) in [6, 6.07) is 3.71. The van der Waals surface area contributed by atoms with Gasteiger partial charge in [-0.25, -0.2) is 0 Å². The Morgan fingerprint density at radius 2 is 2.00 bits per heavy atom. The molecule has 2 N–H and O–H groups in total. The zero-order chi connectivity index (χ0) is 14.2. The summed E-state index contributed by atoms with van der Waals surface area (Å²) in [6.07, 6.45) is 3.77. The van der Waals surface area contributed by atoms with Gasteiger partial charge in [-0.3, -0.25) is 9.59 Å². The van der Waals surface area contributed by atoms with Crippen molar-refractivity contribution in [2.24, 2.45) is 7.05 Å². The molecule has 0 saturated heterocycles. The van der Waals surface area contributed by atoms with Crippen LogP contribution in [0.1, 0.15) is 44.1 Å². The third kappa shape index (κ3) is 4.61. The molecule has 0 fully saturated rings. The lowest BCUT2D eigenvalue weighted by Crippen LogP contribution is -2.45. The number of aryl methyl sites for hydroxylation is 1. The van der Waals surface area contributed by atoms with E-state index in [0.29, 0.717) is 5.69 Å². The smallest absolute Gasteiger partial charge is 0.290 e. The standard InChI is InChI=1S/C12H20N2O.CH2O2/c1-5-12(3,6-2)13-11(15)10-8-7-9-14(10)4;2-1-3/h7-9H,5-6H2,1-4H3,(H,13,15);1H,(H,2,3). The van der Waals surface area contributed by atoms with Gasteiger partial charge in [0.2, 0.25) is 0 Å². The third-order valence-electron chi connectivity index (χ3n) is 3.15. The summed E-state index contributed by atoms with van der Waals surface area (Å²) < 4.78 is 1.83. The molecule has 0 aromatic carbocycles. The molecule has 0 radical (unpaired) electrons. The Hall–Kier alpha value is -1.78. The summed E-state index contributed by atoms with van der Waals surface area (Å²) >= 11 is 0. The zero-order valence-electron chi connectivity index (χ0n) is 11.4.